The lowest BCUT2D eigenvalue weighted by Gasteiger charge is -2.15. The molecule has 0 radical (unpaired) electrons. The number of aromatic nitrogens is 3. The molecular weight excluding hydrogens is 326 g/mol. The van der Waals surface area contributed by atoms with Gasteiger partial charge in [-0.25, -0.2) is 4.68 Å². The van der Waals surface area contributed by atoms with Gasteiger partial charge in [0.05, 0.1) is 12.7 Å². The van der Waals surface area contributed by atoms with Crippen molar-refractivity contribution in [2.45, 2.75) is 18.5 Å². The van der Waals surface area contributed by atoms with Crippen LogP contribution in [0.3, 0.4) is 0 Å². The first-order chi connectivity index (χ1) is 12.7. The second-order valence-electron chi connectivity index (χ2n) is 6.68. The van der Waals surface area contributed by atoms with E-state index in [1.165, 1.54) is 5.56 Å². The van der Waals surface area contributed by atoms with Gasteiger partial charge in [-0.15, -0.1) is 5.10 Å². The van der Waals surface area contributed by atoms with Gasteiger partial charge in [0.1, 0.15) is 0 Å². The molecule has 4 rings (SSSR count). The Morgan fingerprint density at radius 2 is 1.73 bits per heavy atom. The van der Waals surface area contributed by atoms with Crippen LogP contribution in [0.4, 0.5) is 0 Å². The van der Waals surface area contributed by atoms with E-state index in [0.717, 1.165) is 5.56 Å². The molecule has 0 aliphatic carbocycles. The molecule has 26 heavy (non-hydrogen) atoms. The molecule has 6 nitrogen and oxygen atoms in total. The van der Waals surface area contributed by atoms with Crippen LogP contribution >= 0.6 is 0 Å². The quantitative estimate of drug-likeness (QED) is 0.782. The van der Waals surface area contributed by atoms with Crippen LogP contribution < -0.4 is 5.73 Å². The van der Waals surface area contributed by atoms with E-state index in [1.807, 2.05) is 48.5 Å². The highest BCUT2D eigenvalue weighted by molar-refractivity contribution is 5.92. The standard InChI is InChI=1S/C20H21N5O/c21-18-13-24(12-17(18)16-9-5-2-6-10-16)20(26)19-14-25(23-22-19)11-15-7-3-1-4-8-15/h1-10,14,17-18H,11-13,21H2/t17-,18+/m0/s1. The Morgan fingerprint density at radius 1 is 1.04 bits per heavy atom. The zero-order valence-electron chi connectivity index (χ0n) is 14.4. The van der Waals surface area contributed by atoms with Crippen LogP contribution in [0.2, 0.25) is 0 Å². The van der Waals surface area contributed by atoms with Crippen LogP contribution in [0.1, 0.15) is 27.5 Å². The Kier molecular flexibility index (Phi) is 4.50. The average molecular weight is 347 g/mol. The van der Waals surface area contributed by atoms with E-state index in [9.17, 15) is 4.79 Å². The molecule has 1 aromatic heterocycles. The number of nitrogens with two attached hydrogens (primary N) is 1. The Morgan fingerprint density at radius 3 is 2.46 bits per heavy atom. The number of nitrogens with zero attached hydrogens (tertiary/aromatic N) is 4. The van der Waals surface area contributed by atoms with Crippen LogP contribution in [0, 0.1) is 0 Å². The van der Waals surface area contributed by atoms with Crippen molar-refractivity contribution < 1.29 is 4.79 Å². The smallest absolute Gasteiger partial charge is 0.276 e. The van der Waals surface area contributed by atoms with Crippen LogP contribution in [0.5, 0.6) is 0 Å². The SMILES string of the molecule is N[C@@H]1CN(C(=O)c2cn(Cc3ccccc3)nn2)C[C@H]1c1ccccc1. The van der Waals surface area contributed by atoms with Gasteiger partial charge in [-0.3, -0.25) is 4.79 Å². The van der Waals surface area contributed by atoms with Crippen molar-refractivity contribution in [2.24, 2.45) is 5.73 Å². The molecule has 2 heterocycles. The minimum atomic E-state index is -0.113. The fourth-order valence-electron chi connectivity index (χ4n) is 3.45. The highest BCUT2D eigenvalue weighted by atomic mass is 16.2. The summed E-state index contributed by atoms with van der Waals surface area (Å²) in [6, 6.07) is 20.0. The van der Waals surface area contributed by atoms with E-state index in [2.05, 4.69) is 22.4 Å². The third-order valence-electron chi connectivity index (χ3n) is 4.83. The lowest BCUT2D eigenvalue weighted by molar-refractivity contribution is 0.0783. The van der Waals surface area contributed by atoms with E-state index >= 15 is 0 Å². The molecule has 0 spiro atoms. The van der Waals surface area contributed by atoms with E-state index in [4.69, 9.17) is 5.73 Å². The second-order valence-corrected chi connectivity index (χ2v) is 6.68. The number of benzene rings is 2. The molecule has 132 valence electrons. The third-order valence-corrected chi connectivity index (χ3v) is 4.83. The molecule has 0 unspecified atom stereocenters. The summed E-state index contributed by atoms with van der Waals surface area (Å²) in [6.07, 6.45) is 1.71. The molecule has 0 saturated carbocycles. The largest absolute Gasteiger partial charge is 0.335 e. The zero-order valence-corrected chi connectivity index (χ0v) is 14.4. The Hall–Kier alpha value is -2.99. The van der Waals surface area contributed by atoms with Crippen molar-refractivity contribution >= 4 is 5.91 Å². The first-order valence-electron chi connectivity index (χ1n) is 8.74. The molecular formula is C20H21N5O. The van der Waals surface area contributed by atoms with Gasteiger partial charge in [-0.05, 0) is 11.1 Å². The fraction of sp³-hybridized carbons (Fsp3) is 0.250. The second kappa shape index (κ2) is 7.09. The normalized spacial score (nSPS) is 19.7. The molecule has 1 aliphatic rings. The van der Waals surface area contributed by atoms with E-state index in [1.54, 1.807) is 15.8 Å². The highest BCUT2D eigenvalue weighted by Gasteiger charge is 2.35. The van der Waals surface area contributed by atoms with Gasteiger partial charge in [0.25, 0.3) is 5.91 Å². The molecule has 1 fully saturated rings. The van der Waals surface area contributed by atoms with Crippen molar-refractivity contribution in [1.82, 2.24) is 19.9 Å². The minimum absolute atomic E-state index is 0.0688. The number of carbonyl (C=O) groups is 1. The highest BCUT2D eigenvalue weighted by Crippen LogP contribution is 2.27. The lowest BCUT2D eigenvalue weighted by Crippen LogP contribution is -2.32. The average Bonchev–Trinajstić information content (AvgIpc) is 3.29. The predicted octanol–water partition coefficient (Wildman–Crippen LogP) is 1.89. The maximum Gasteiger partial charge on any atom is 0.276 e. The summed E-state index contributed by atoms with van der Waals surface area (Å²) < 4.78 is 1.69. The van der Waals surface area contributed by atoms with Gasteiger partial charge in [0.2, 0.25) is 0 Å². The predicted molar refractivity (Wildman–Crippen MR) is 98.6 cm³/mol. The number of carbonyl (C=O) groups excluding carboxylic acids is 1. The minimum Gasteiger partial charge on any atom is -0.335 e. The summed E-state index contributed by atoms with van der Waals surface area (Å²) >= 11 is 0. The lowest BCUT2D eigenvalue weighted by atomic mass is 9.95. The van der Waals surface area contributed by atoms with E-state index < -0.39 is 0 Å². The third kappa shape index (κ3) is 3.36. The van der Waals surface area contributed by atoms with E-state index in [-0.39, 0.29) is 17.9 Å². The maximum absolute atomic E-state index is 12.8. The van der Waals surface area contributed by atoms with Crippen LogP contribution in [0.25, 0.3) is 0 Å². The molecule has 1 saturated heterocycles. The van der Waals surface area contributed by atoms with Crippen molar-refractivity contribution in [3.63, 3.8) is 0 Å². The Balaban J connectivity index is 1.45. The van der Waals surface area contributed by atoms with Gasteiger partial charge in [0, 0.05) is 25.0 Å². The molecule has 2 N–H and O–H groups in total. The molecule has 2 aromatic carbocycles. The first kappa shape index (κ1) is 16.5. The summed E-state index contributed by atoms with van der Waals surface area (Å²) in [5.74, 6) is 0.0395. The monoisotopic (exact) mass is 347 g/mol. The number of hydrogen-bond acceptors (Lipinski definition) is 4. The van der Waals surface area contributed by atoms with Crippen molar-refractivity contribution in [3.05, 3.63) is 83.7 Å². The zero-order chi connectivity index (χ0) is 17.9. The molecule has 2 atom stereocenters. The Labute approximate surface area is 152 Å². The summed E-state index contributed by atoms with van der Waals surface area (Å²) in [7, 11) is 0. The molecule has 1 aliphatic heterocycles. The summed E-state index contributed by atoms with van der Waals surface area (Å²) in [5, 5.41) is 8.15. The summed E-state index contributed by atoms with van der Waals surface area (Å²) in [5.41, 5.74) is 8.94. The number of amides is 1. The van der Waals surface area contributed by atoms with Crippen molar-refractivity contribution in [3.8, 4) is 0 Å². The van der Waals surface area contributed by atoms with Gasteiger partial charge < -0.3 is 10.6 Å². The summed E-state index contributed by atoms with van der Waals surface area (Å²) in [6.45, 7) is 1.73. The van der Waals surface area contributed by atoms with Gasteiger partial charge in [-0.2, -0.15) is 0 Å². The number of likely N-dealkylation sites (tertiary alicyclic amines) is 1. The number of rotatable bonds is 4. The summed E-state index contributed by atoms with van der Waals surface area (Å²) in [4.78, 5) is 14.6. The molecule has 6 heteroatoms. The molecule has 1 amide bonds. The van der Waals surface area contributed by atoms with Crippen molar-refractivity contribution in [2.75, 3.05) is 13.1 Å². The van der Waals surface area contributed by atoms with Gasteiger partial charge in [0.15, 0.2) is 5.69 Å². The Bertz CT molecular complexity index is 877. The van der Waals surface area contributed by atoms with Crippen molar-refractivity contribution in [1.29, 1.82) is 0 Å². The topological polar surface area (TPSA) is 77.0 Å². The van der Waals surface area contributed by atoms with Crippen LogP contribution in [-0.2, 0) is 6.54 Å². The van der Waals surface area contributed by atoms with Gasteiger partial charge in [-0.1, -0.05) is 65.9 Å². The molecule has 3 aromatic rings. The van der Waals surface area contributed by atoms with Crippen LogP contribution in [0.15, 0.2) is 66.9 Å². The molecule has 0 bridgehead atoms. The maximum atomic E-state index is 12.8. The number of hydrogen-bond donors (Lipinski definition) is 1. The fourth-order valence-corrected chi connectivity index (χ4v) is 3.45. The van der Waals surface area contributed by atoms with E-state index in [0.29, 0.717) is 25.3 Å². The first-order valence-corrected chi connectivity index (χ1v) is 8.74. The van der Waals surface area contributed by atoms with Gasteiger partial charge >= 0.3 is 0 Å². The van der Waals surface area contributed by atoms with Crippen LogP contribution in [-0.4, -0.2) is 44.9 Å².